The first-order valence-corrected chi connectivity index (χ1v) is 18.3. The predicted molar refractivity (Wildman–Crippen MR) is 180 cm³/mol. The minimum absolute atomic E-state index is 0.0111. The van der Waals surface area contributed by atoms with Gasteiger partial charge in [0.25, 0.3) is 35.9 Å². The van der Waals surface area contributed by atoms with Crippen LogP contribution >= 0.6 is 0 Å². The lowest BCUT2D eigenvalue weighted by Gasteiger charge is -2.24. The lowest BCUT2D eigenvalue weighted by atomic mass is 9.81. The Bertz CT molecular complexity index is 2630. The smallest absolute Gasteiger partial charge is 0.296 e. The minimum Gasteiger partial charge on any atom is -0.354 e. The second-order valence-electron chi connectivity index (χ2n) is 10.2. The molecule has 0 saturated heterocycles. The molecule has 0 amide bonds. The second-order valence-corrected chi connectivity index (χ2v) is 14.5. The van der Waals surface area contributed by atoms with Crippen LogP contribution in [0.1, 0.15) is 40.1 Å². The minimum atomic E-state index is -5.13. The normalized spacial score (nSPS) is 12.7. The summed E-state index contributed by atoms with van der Waals surface area (Å²) in [6.07, 6.45) is 0. The summed E-state index contributed by atoms with van der Waals surface area (Å²) in [4.78, 5) is 39.3. The third-order valence-electron chi connectivity index (χ3n) is 7.37. The van der Waals surface area contributed by atoms with E-state index in [1.54, 1.807) is 0 Å². The van der Waals surface area contributed by atoms with Crippen molar-refractivity contribution in [3.8, 4) is 11.1 Å². The number of aromatic nitrogens is 1. The molecule has 5 rings (SSSR count). The number of Topliss-reactive ketones (excluding diaryl/α,β-unsaturated/α-hetero) is 1. The topological polar surface area (TPSA) is 231 Å². The third-order valence-corrected chi connectivity index (χ3v) is 9.96. The fourth-order valence-corrected chi connectivity index (χ4v) is 6.95. The predicted octanol–water partition coefficient (Wildman–Crippen LogP) is 2.43. The van der Waals surface area contributed by atoms with E-state index in [9.17, 15) is 53.3 Å². The highest BCUT2D eigenvalue weighted by Crippen LogP contribution is 2.34. The van der Waals surface area contributed by atoms with Crippen LogP contribution in [0.5, 0.6) is 0 Å². The van der Waals surface area contributed by atoms with Crippen molar-refractivity contribution in [2.45, 2.75) is 28.5 Å². The maximum Gasteiger partial charge on any atom is 0.296 e. The molecule has 0 spiro atoms. The summed E-state index contributed by atoms with van der Waals surface area (Å²) in [5.41, 5.74) is -2.69. The molecule has 1 heterocycles. The largest absolute Gasteiger partial charge is 0.354 e. The molecule has 4 N–H and O–H groups in total. The van der Waals surface area contributed by atoms with Gasteiger partial charge in [-0.1, -0.05) is 63.4 Å². The number of rotatable bonds is 8. The molecule has 4 aromatic rings. The number of anilines is 1. The van der Waals surface area contributed by atoms with E-state index >= 15 is 0 Å². The van der Waals surface area contributed by atoms with E-state index in [4.69, 9.17) is 0 Å². The summed E-state index contributed by atoms with van der Waals surface area (Å²) >= 11 is 0. The molecule has 0 fully saturated rings. The molecule has 0 saturated carbocycles. The molecule has 1 aliphatic carbocycles. The molecular formula is C32H28N2O12S3. The van der Waals surface area contributed by atoms with Gasteiger partial charge in [-0.3, -0.25) is 28.0 Å². The first-order valence-electron chi connectivity index (χ1n) is 14.0. The molecule has 256 valence electrons. The highest BCUT2D eigenvalue weighted by molar-refractivity contribution is 7.86. The summed E-state index contributed by atoms with van der Waals surface area (Å²) in [6, 6.07) is 12.4. The van der Waals surface area contributed by atoms with Crippen LogP contribution in [-0.2, 0) is 37.4 Å². The van der Waals surface area contributed by atoms with Gasteiger partial charge < -0.3 is 9.88 Å². The summed E-state index contributed by atoms with van der Waals surface area (Å²) < 4.78 is 101. The number of hydrogen-bond donors (Lipinski definition) is 4. The molecular weight excluding hydrogens is 701 g/mol. The summed E-state index contributed by atoms with van der Waals surface area (Å²) in [5.74, 6) is -1.67. The van der Waals surface area contributed by atoms with Crippen molar-refractivity contribution in [2.24, 2.45) is 7.05 Å². The molecule has 0 radical (unpaired) electrons. The van der Waals surface area contributed by atoms with Crippen molar-refractivity contribution in [1.82, 2.24) is 4.57 Å². The van der Waals surface area contributed by atoms with Crippen molar-refractivity contribution in [3.63, 3.8) is 0 Å². The van der Waals surface area contributed by atoms with Gasteiger partial charge in [-0.05, 0) is 35.9 Å². The molecule has 49 heavy (non-hydrogen) atoms. The Morgan fingerprint density at radius 3 is 1.92 bits per heavy atom. The Morgan fingerprint density at radius 2 is 1.35 bits per heavy atom. The number of allylic oxidation sites excluding steroid dienone is 1. The van der Waals surface area contributed by atoms with Crippen LogP contribution in [0.25, 0.3) is 23.3 Å². The molecule has 1 aliphatic rings. The van der Waals surface area contributed by atoms with E-state index in [1.165, 1.54) is 43.4 Å². The average Bonchev–Trinajstić information content (AvgIpc) is 3.04. The SMILES string of the molecule is C=C(Nc1ccc(S(=O)(=O)O)cc1S(=O)(=O)O)C1=c2c(c(C(=O)c3cccc(S(=O)(=O)O)c3)c(=O)n(C)c2=C)-c2ccccc2C1=O.CC. The highest BCUT2D eigenvalue weighted by atomic mass is 32.2. The van der Waals surface area contributed by atoms with Gasteiger partial charge in [0.15, 0.2) is 11.6 Å². The molecule has 3 aromatic carbocycles. The maximum atomic E-state index is 14.0. The second kappa shape index (κ2) is 13.1. The first kappa shape index (κ1) is 36.8. The van der Waals surface area contributed by atoms with E-state index in [0.717, 1.165) is 28.8 Å². The van der Waals surface area contributed by atoms with Crippen LogP contribution in [0.15, 0.2) is 98.5 Å². The number of fused-ring (bicyclic) bond motifs is 3. The van der Waals surface area contributed by atoms with E-state index < -0.39 is 73.4 Å². The Morgan fingerprint density at radius 1 is 0.776 bits per heavy atom. The average molecular weight is 729 g/mol. The fraction of sp³-hybridized carbons (Fsp3) is 0.0938. The van der Waals surface area contributed by atoms with Gasteiger partial charge >= 0.3 is 0 Å². The van der Waals surface area contributed by atoms with Crippen LogP contribution in [0.3, 0.4) is 0 Å². The van der Waals surface area contributed by atoms with Crippen molar-refractivity contribution < 1.29 is 48.5 Å². The van der Waals surface area contributed by atoms with Gasteiger partial charge in [0.05, 0.1) is 26.6 Å². The van der Waals surface area contributed by atoms with Crippen molar-refractivity contribution in [3.05, 3.63) is 117 Å². The van der Waals surface area contributed by atoms with Crippen LogP contribution in [-0.4, -0.2) is 55.0 Å². The Kier molecular flexibility index (Phi) is 9.84. The highest BCUT2D eigenvalue weighted by Gasteiger charge is 2.33. The van der Waals surface area contributed by atoms with Crippen LogP contribution < -0.4 is 21.4 Å². The number of benzene rings is 3. The monoisotopic (exact) mass is 728 g/mol. The lowest BCUT2D eigenvalue weighted by molar-refractivity contribution is 0.103. The number of nitrogens with zero attached hydrogens (tertiary/aromatic N) is 1. The Balaban J connectivity index is 0.00000265. The zero-order chi connectivity index (χ0) is 36.8. The molecule has 17 heteroatoms. The lowest BCUT2D eigenvalue weighted by Crippen LogP contribution is -2.48. The Hall–Kier alpha value is -5.04. The van der Waals surface area contributed by atoms with E-state index in [1.807, 2.05) is 13.8 Å². The van der Waals surface area contributed by atoms with Gasteiger partial charge in [-0.15, -0.1) is 0 Å². The molecule has 0 unspecified atom stereocenters. The molecule has 0 atom stereocenters. The zero-order valence-electron chi connectivity index (χ0n) is 26.0. The zero-order valence-corrected chi connectivity index (χ0v) is 28.4. The van der Waals surface area contributed by atoms with Crippen molar-refractivity contribution >= 4 is 59.8 Å². The van der Waals surface area contributed by atoms with Gasteiger partial charge in [-0.2, -0.15) is 25.3 Å². The number of carbonyl (C=O) groups excluding carboxylic acids is 2. The van der Waals surface area contributed by atoms with Crippen molar-refractivity contribution in [2.75, 3.05) is 5.32 Å². The molecule has 1 aromatic heterocycles. The van der Waals surface area contributed by atoms with Crippen molar-refractivity contribution in [1.29, 1.82) is 0 Å². The summed E-state index contributed by atoms with van der Waals surface area (Å²) in [6.45, 7) is 11.8. The summed E-state index contributed by atoms with van der Waals surface area (Å²) in [5, 5.41) is 2.41. The quantitative estimate of drug-likeness (QED) is 0.151. The van der Waals surface area contributed by atoms with Gasteiger partial charge in [-0.25, -0.2) is 0 Å². The van der Waals surface area contributed by atoms with Gasteiger partial charge in [0, 0.05) is 40.0 Å². The van der Waals surface area contributed by atoms with E-state index in [0.29, 0.717) is 6.07 Å². The maximum absolute atomic E-state index is 14.0. The van der Waals surface area contributed by atoms with E-state index in [-0.39, 0.29) is 44.1 Å². The summed E-state index contributed by atoms with van der Waals surface area (Å²) in [7, 11) is -13.5. The standard InChI is InChI=1S/C30H22N2O12S3.C2H6/c1-15(31-22-12-11-19(46(39,40)41)14-23(22)47(42,43)44)24-25-16(2)32(3)30(35)27(26(25)20-9-4-5-10-21(20)29(24)34)28(33)17-7-6-8-18(13-17)45(36,37)38;1-2/h4-14,31H,1-2H2,3H3,(H,36,37,38)(H,39,40,41)(H,42,43,44);1-2H3. The van der Waals surface area contributed by atoms with Gasteiger partial charge in [0.2, 0.25) is 0 Å². The number of pyridine rings is 1. The molecule has 0 aliphatic heterocycles. The third kappa shape index (κ3) is 6.80. The van der Waals surface area contributed by atoms with Gasteiger partial charge in [0.1, 0.15) is 4.90 Å². The van der Waals surface area contributed by atoms with Crippen LogP contribution in [0.4, 0.5) is 5.69 Å². The van der Waals surface area contributed by atoms with Crippen LogP contribution in [0.2, 0.25) is 0 Å². The number of carbonyl (C=O) groups is 2. The molecule has 14 nitrogen and oxygen atoms in total. The fourth-order valence-electron chi connectivity index (χ4n) is 5.17. The van der Waals surface area contributed by atoms with Crippen LogP contribution in [0, 0.1) is 0 Å². The van der Waals surface area contributed by atoms with E-state index in [2.05, 4.69) is 18.5 Å². The number of hydrogen-bond acceptors (Lipinski definition) is 10. The Labute approximate surface area is 280 Å². The molecule has 0 bridgehead atoms. The number of nitrogens with one attached hydrogen (secondary N) is 1. The number of ketones is 2. The first-order chi connectivity index (χ1) is 22.7.